The van der Waals surface area contributed by atoms with Gasteiger partial charge in [-0.15, -0.1) is 0 Å². The van der Waals surface area contributed by atoms with Gasteiger partial charge in [0.2, 0.25) is 0 Å². The highest BCUT2D eigenvalue weighted by atomic mass is 28.4. The molecule has 0 aliphatic rings. The van der Waals surface area contributed by atoms with E-state index < -0.39 is 8.32 Å². The summed E-state index contributed by atoms with van der Waals surface area (Å²) >= 11 is 0. The van der Waals surface area contributed by atoms with Gasteiger partial charge in [0.15, 0.2) is 19.8 Å². The van der Waals surface area contributed by atoms with Crippen LogP contribution in [-0.2, 0) is 15.8 Å². The molecule has 0 amide bonds. The number of carbonyl (C=O) groups is 1. The fourth-order valence-corrected chi connectivity index (χ4v) is 4.10. The first kappa shape index (κ1) is 23.2. The van der Waals surface area contributed by atoms with Crippen molar-refractivity contribution in [3.05, 3.63) is 59.7 Å². The van der Waals surface area contributed by atoms with Crippen LogP contribution in [0.5, 0.6) is 11.5 Å². The Bertz CT molecular complexity index is 796. The highest BCUT2D eigenvalue weighted by molar-refractivity contribution is 6.74. The van der Waals surface area contributed by atoms with Gasteiger partial charge in [-0.25, -0.2) is 0 Å². The van der Waals surface area contributed by atoms with Crippen molar-refractivity contribution in [1.82, 2.24) is 0 Å². The van der Waals surface area contributed by atoms with E-state index in [9.17, 15) is 4.79 Å². The van der Waals surface area contributed by atoms with Gasteiger partial charge in [-0.2, -0.15) is 0 Å². The molecule has 0 spiro atoms. The third-order valence-electron chi connectivity index (χ3n) is 5.67. The summed E-state index contributed by atoms with van der Waals surface area (Å²) in [4.78, 5) is 11.6. The predicted octanol–water partition coefficient (Wildman–Crippen LogP) is 6.17. The first-order chi connectivity index (χ1) is 13.6. The predicted molar refractivity (Wildman–Crippen MR) is 120 cm³/mol. The lowest BCUT2D eigenvalue weighted by molar-refractivity contribution is -0.113. The SMILES string of the molecule is COc1cc([C@@H](O[Si](C)(C)C(C)(C)C)C(C)C=O)ccc1OCc1ccccc1. The van der Waals surface area contributed by atoms with Crippen molar-refractivity contribution in [2.45, 2.75) is 58.5 Å². The molecule has 2 atom stereocenters. The standard InChI is InChI=1S/C24H34O4Si/c1-18(16-25)23(28-29(6,7)24(2,3)4)20-13-14-21(22(15-20)26-5)27-17-19-11-9-8-10-12-19/h8-16,18,23H,17H2,1-7H3/t18?,23-/m0/s1. The van der Waals surface area contributed by atoms with E-state index in [2.05, 4.69) is 33.9 Å². The zero-order chi connectivity index (χ0) is 21.7. The van der Waals surface area contributed by atoms with Crippen LogP contribution in [0.2, 0.25) is 18.1 Å². The number of rotatable bonds is 9. The molecule has 0 saturated carbocycles. The molecular weight excluding hydrogens is 380 g/mol. The molecule has 0 aliphatic carbocycles. The van der Waals surface area contributed by atoms with Crippen LogP contribution < -0.4 is 9.47 Å². The normalized spacial score (nSPS) is 14.2. The maximum atomic E-state index is 11.6. The van der Waals surface area contributed by atoms with Crippen LogP contribution in [0.15, 0.2) is 48.5 Å². The molecule has 0 radical (unpaired) electrons. The molecule has 0 aliphatic heterocycles. The molecule has 0 N–H and O–H groups in total. The number of hydrogen-bond donors (Lipinski definition) is 0. The van der Waals surface area contributed by atoms with Gasteiger partial charge in [-0.3, -0.25) is 0 Å². The van der Waals surface area contributed by atoms with E-state index in [0.29, 0.717) is 18.1 Å². The van der Waals surface area contributed by atoms with Gasteiger partial charge in [0.1, 0.15) is 12.9 Å². The molecule has 2 rings (SSSR count). The lowest BCUT2D eigenvalue weighted by Crippen LogP contribution is -2.43. The van der Waals surface area contributed by atoms with Gasteiger partial charge >= 0.3 is 0 Å². The molecule has 29 heavy (non-hydrogen) atoms. The summed E-state index contributed by atoms with van der Waals surface area (Å²) in [6.07, 6.45) is 0.648. The number of hydrogen-bond acceptors (Lipinski definition) is 4. The van der Waals surface area contributed by atoms with Crippen molar-refractivity contribution in [3.8, 4) is 11.5 Å². The second-order valence-corrected chi connectivity index (χ2v) is 13.7. The van der Waals surface area contributed by atoms with E-state index >= 15 is 0 Å². The Morgan fingerprint density at radius 2 is 1.69 bits per heavy atom. The Morgan fingerprint density at radius 3 is 2.24 bits per heavy atom. The van der Waals surface area contributed by atoms with E-state index in [-0.39, 0.29) is 17.1 Å². The fourth-order valence-electron chi connectivity index (χ4n) is 2.76. The number of ether oxygens (including phenoxy) is 2. The first-order valence-electron chi connectivity index (χ1n) is 10.1. The maximum absolute atomic E-state index is 11.6. The van der Waals surface area contributed by atoms with E-state index in [1.54, 1.807) is 7.11 Å². The molecule has 5 heteroatoms. The summed E-state index contributed by atoms with van der Waals surface area (Å²) in [5, 5.41) is 0.0523. The van der Waals surface area contributed by atoms with Gasteiger partial charge in [-0.1, -0.05) is 64.1 Å². The summed E-state index contributed by atoms with van der Waals surface area (Å²) < 4.78 is 18.2. The van der Waals surface area contributed by atoms with Crippen LogP contribution in [0.1, 0.15) is 44.9 Å². The van der Waals surface area contributed by atoms with Gasteiger partial charge in [0, 0.05) is 5.92 Å². The fraction of sp³-hybridized carbons (Fsp3) is 0.458. The average molecular weight is 415 g/mol. The van der Waals surface area contributed by atoms with Crippen molar-refractivity contribution < 1.29 is 18.7 Å². The monoisotopic (exact) mass is 414 g/mol. The van der Waals surface area contributed by atoms with Crippen molar-refractivity contribution in [2.24, 2.45) is 5.92 Å². The zero-order valence-corrected chi connectivity index (χ0v) is 19.7. The largest absolute Gasteiger partial charge is 0.493 e. The lowest BCUT2D eigenvalue weighted by atomic mass is 9.98. The Kier molecular flexibility index (Phi) is 7.66. The minimum Gasteiger partial charge on any atom is -0.493 e. The van der Waals surface area contributed by atoms with Gasteiger partial charge in [-0.05, 0) is 41.4 Å². The summed E-state index contributed by atoms with van der Waals surface area (Å²) in [5.74, 6) is 1.05. The minimum absolute atomic E-state index is 0.0523. The van der Waals surface area contributed by atoms with Crippen molar-refractivity contribution >= 4 is 14.6 Å². The second-order valence-electron chi connectivity index (χ2n) is 8.98. The molecule has 0 saturated heterocycles. The van der Waals surface area contributed by atoms with Gasteiger partial charge in [0.25, 0.3) is 0 Å². The van der Waals surface area contributed by atoms with Crippen LogP contribution in [0.3, 0.4) is 0 Å². The molecule has 4 nitrogen and oxygen atoms in total. The average Bonchev–Trinajstić information content (AvgIpc) is 2.69. The number of methoxy groups -OCH3 is 1. The highest BCUT2D eigenvalue weighted by Crippen LogP contribution is 2.42. The van der Waals surface area contributed by atoms with Crippen molar-refractivity contribution in [1.29, 1.82) is 0 Å². The lowest BCUT2D eigenvalue weighted by Gasteiger charge is -2.40. The molecule has 0 bridgehead atoms. The zero-order valence-electron chi connectivity index (χ0n) is 18.7. The summed E-state index contributed by atoms with van der Waals surface area (Å²) in [5.41, 5.74) is 2.02. The molecular formula is C24H34O4Si. The molecule has 0 heterocycles. The molecule has 2 aromatic carbocycles. The third kappa shape index (κ3) is 5.94. The first-order valence-corrected chi connectivity index (χ1v) is 13.0. The maximum Gasteiger partial charge on any atom is 0.192 e. The molecule has 2 aromatic rings. The van der Waals surface area contributed by atoms with Crippen LogP contribution >= 0.6 is 0 Å². The van der Waals surface area contributed by atoms with E-state index in [4.69, 9.17) is 13.9 Å². The van der Waals surface area contributed by atoms with Crippen molar-refractivity contribution in [2.75, 3.05) is 7.11 Å². The van der Waals surface area contributed by atoms with Crippen LogP contribution in [-0.4, -0.2) is 21.7 Å². The quantitative estimate of drug-likeness (QED) is 0.363. The van der Waals surface area contributed by atoms with Crippen LogP contribution in [0.4, 0.5) is 0 Å². The Labute approximate surface area is 176 Å². The summed E-state index contributed by atoms with van der Waals surface area (Å²) in [6.45, 7) is 13.4. The van der Waals surface area contributed by atoms with Crippen LogP contribution in [0, 0.1) is 5.92 Å². The Balaban J connectivity index is 2.28. The number of benzene rings is 2. The minimum atomic E-state index is -2.06. The Hall–Kier alpha value is -2.11. The topological polar surface area (TPSA) is 44.8 Å². The summed E-state index contributed by atoms with van der Waals surface area (Å²) in [6, 6.07) is 15.8. The number of aldehydes is 1. The second kappa shape index (κ2) is 9.59. The third-order valence-corrected chi connectivity index (χ3v) is 10.1. The van der Waals surface area contributed by atoms with Gasteiger partial charge < -0.3 is 18.7 Å². The smallest absolute Gasteiger partial charge is 0.192 e. The molecule has 1 unspecified atom stereocenters. The van der Waals surface area contributed by atoms with Crippen LogP contribution in [0.25, 0.3) is 0 Å². The molecule has 0 fully saturated rings. The summed E-state index contributed by atoms with van der Waals surface area (Å²) in [7, 11) is -0.435. The Morgan fingerprint density at radius 1 is 1.03 bits per heavy atom. The molecule has 0 aromatic heterocycles. The van der Waals surface area contributed by atoms with Crippen molar-refractivity contribution in [3.63, 3.8) is 0 Å². The van der Waals surface area contributed by atoms with Gasteiger partial charge in [0.05, 0.1) is 13.2 Å². The van der Waals surface area contributed by atoms with E-state index in [1.165, 1.54) is 0 Å². The highest BCUT2D eigenvalue weighted by Gasteiger charge is 2.40. The van der Waals surface area contributed by atoms with E-state index in [1.807, 2.05) is 55.5 Å². The van der Waals surface area contributed by atoms with E-state index in [0.717, 1.165) is 17.4 Å². The molecule has 158 valence electrons. The number of carbonyl (C=O) groups excluding carboxylic acids is 1.